The van der Waals surface area contributed by atoms with Crippen molar-refractivity contribution in [3.63, 3.8) is 0 Å². The van der Waals surface area contributed by atoms with E-state index in [1.54, 1.807) is 31.1 Å². The van der Waals surface area contributed by atoms with Gasteiger partial charge in [0.2, 0.25) is 0 Å². The molecule has 1 saturated heterocycles. The highest BCUT2D eigenvalue weighted by atomic mass is 16.9. The number of aromatic nitrogens is 3. The molecule has 24 heavy (non-hydrogen) atoms. The third-order valence-corrected chi connectivity index (χ3v) is 4.04. The lowest BCUT2D eigenvalue weighted by atomic mass is 10.2. The molecule has 0 atom stereocenters. The number of rotatable bonds is 4. The number of aromatic hydroxyl groups is 1. The molecule has 0 radical (unpaired) electrons. The fraction of sp³-hybridized carbons (Fsp3) is 0.294. The van der Waals surface area contributed by atoms with Crippen LogP contribution in [0.3, 0.4) is 0 Å². The fourth-order valence-corrected chi connectivity index (χ4v) is 2.73. The predicted octanol–water partition coefficient (Wildman–Crippen LogP) is 2.59. The Morgan fingerprint density at radius 3 is 2.62 bits per heavy atom. The van der Waals surface area contributed by atoms with Crippen molar-refractivity contribution < 1.29 is 19.3 Å². The zero-order chi connectivity index (χ0) is 16.7. The molecule has 124 valence electrons. The summed E-state index contributed by atoms with van der Waals surface area (Å²) in [5.41, 5.74) is 2.19. The van der Waals surface area contributed by atoms with Crippen molar-refractivity contribution >= 4 is 11.0 Å². The molecule has 3 heterocycles. The van der Waals surface area contributed by atoms with Gasteiger partial charge in [0.25, 0.3) is 0 Å². The van der Waals surface area contributed by atoms with Crippen molar-refractivity contribution in [1.82, 2.24) is 14.8 Å². The Morgan fingerprint density at radius 1 is 1.21 bits per heavy atom. The molecule has 1 N–H and O–H groups in total. The van der Waals surface area contributed by atoms with Gasteiger partial charge < -0.3 is 19.3 Å². The summed E-state index contributed by atoms with van der Waals surface area (Å²) >= 11 is 0. The monoisotopic (exact) mass is 327 g/mol. The van der Waals surface area contributed by atoms with E-state index < -0.39 is 6.29 Å². The SMILES string of the molecule is COc1ccc(Cn2ncc3c(O)c(C4OC(C)O4)cnc32)cc1. The second-order valence-electron chi connectivity index (χ2n) is 5.62. The summed E-state index contributed by atoms with van der Waals surface area (Å²) in [5.74, 6) is 0.900. The summed E-state index contributed by atoms with van der Waals surface area (Å²) in [6.07, 6.45) is 2.34. The van der Waals surface area contributed by atoms with Gasteiger partial charge in [0.15, 0.2) is 18.2 Å². The first-order chi connectivity index (χ1) is 11.7. The number of fused-ring (bicyclic) bond motifs is 1. The van der Waals surface area contributed by atoms with Crippen LogP contribution in [0.5, 0.6) is 11.5 Å². The summed E-state index contributed by atoms with van der Waals surface area (Å²) in [5, 5.41) is 15.4. The van der Waals surface area contributed by atoms with Crippen LogP contribution in [-0.4, -0.2) is 33.3 Å². The van der Waals surface area contributed by atoms with Crippen molar-refractivity contribution in [1.29, 1.82) is 0 Å². The summed E-state index contributed by atoms with van der Waals surface area (Å²) in [7, 11) is 1.64. The highest BCUT2D eigenvalue weighted by Crippen LogP contribution is 2.38. The molecule has 0 bridgehead atoms. The quantitative estimate of drug-likeness (QED) is 0.793. The summed E-state index contributed by atoms with van der Waals surface area (Å²) < 4.78 is 17.7. The van der Waals surface area contributed by atoms with Crippen LogP contribution in [0.1, 0.15) is 24.3 Å². The van der Waals surface area contributed by atoms with Gasteiger partial charge in [-0.1, -0.05) is 12.1 Å². The lowest BCUT2D eigenvalue weighted by Gasteiger charge is -2.33. The molecule has 0 amide bonds. The van der Waals surface area contributed by atoms with Crippen LogP contribution >= 0.6 is 0 Å². The van der Waals surface area contributed by atoms with Crippen molar-refractivity contribution in [3.05, 3.63) is 47.8 Å². The molecule has 7 heteroatoms. The van der Waals surface area contributed by atoms with E-state index >= 15 is 0 Å². The first kappa shape index (κ1) is 14.9. The summed E-state index contributed by atoms with van der Waals surface area (Å²) in [6.45, 7) is 2.35. The molecule has 0 saturated carbocycles. The van der Waals surface area contributed by atoms with E-state index in [0.29, 0.717) is 23.1 Å². The van der Waals surface area contributed by atoms with Crippen molar-refractivity contribution in [2.24, 2.45) is 0 Å². The maximum Gasteiger partial charge on any atom is 0.194 e. The minimum atomic E-state index is -0.568. The molecule has 7 nitrogen and oxygen atoms in total. The Balaban J connectivity index is 1.63. The maximum atomic E-state index is 10.4. The Hall–Kier alpha value is -2.64. The maximum absolute atomic E-state index is 10.4. The largest absolute Gasteiger partial charge is 0.507 e. The first-order valence-electron chi connectivity index (χ1n) is 7.63. The van der Waals surface area contributed by atoms with Crippen LogP contribution in [0.15, 0.2) is 36.7 Å². The number of hydrogen-bond donors (Lipinski definition) is 1. The van der Waals surface area contributed by atoms with Crippen LogP contribution < -0.4 is 4.74 Å². The minimum Gasteiger partial charge on any atom is -0.507 e. The normalized spacial score (nSPS) is 20.1. The molecule has 1 aromatic carbocycles. The molecular weight excluding hydrogens is 310 g/mol. The van der Waals surface area contributed by atoms with Gasteiger partial charge in [0.1, 0.15) is 11.5 Å². The standard InChI is InChI=1S/C17H17N3O4/c1-10-23-17(24-10)14-7-18-16-13(15(14)21)8-19-20(16)9-11-3-5-12(22-2)6-4-11/h3-8,10,17H,9H2,1-2H3,(H,18,21). The average Bonchev–Trinajstić information content (AvgIpc) is 2.97. The predicted molar refractivity (Wildman–Crippen MR) is 85.7 cm³/mol. The van der Waals surface area contributed by atoms with Crippen LogP contribution in [0.4, 0.5) is 0 Å². The fourth-order valence-electron chi connectivity index (χ4n) is 2.73. The van der Waals surface area contributed by atoms with Crippen LogP contribution in [-0.2, 0) is 16.0 Å². The molecule has 4 rings (SSSR count). The average molecular weight is 327 g/mol. The van der Waals surface area contributed by atoms with Gasteiger partial charge in [0, 0.05) is 6.20 Å². The Kier molecular flexibility index (Phi) is 3.59. The van der Waals surface area contributed by atoms with E-state index in [1.165, 1.54) is 0 Å². The van der Waals surface area contributed by atoms with Gasteiger partial charge >= 0.3 is 0 Å². The van der Waals surface area contributed by atoms with Crippen molar-refractivity contribution in [2.75, 3.05) is 7.11 Å². The molecule has 1 aliphatic heterocycles. The van der Waals surface area contributed by atoms with Gasteiger partial charge in [-0.05, 0) is 24.6 Å². The smallest absolute Gasteiger partial charge is 0.194 e. The number of benzene rings is 1. The lowest BCUT2D eigenvalue weighted by molar-refractivity contribution is -0.382. The van der Waals surface area contributed by atoms with Crippen molar-refractivity contribution in [3.8, 4) is 11.5 Å². The van der Waals surface area contributed by atoms with Gasteiger partial charge in [-0.15, -0.1) is 0 Å². The second kappa shape index (κ2) is 5.77. The summed E-state index contributed by atoms with van der Waals surface area (Å²) in [6, 6.07) is 7.74. The summed E-state index contributed by atoms with van der Waals surface area (Å²) in [4.78, 5) is 4.42. The molecule has 3 aromatic rings. The molecule has 2 aromatic heterocycles. The number of hydrogen-bond acceptors (Lipinski definition) is 6. The lowest BCUT2D eigenvalue weighted by Crippen LogP contribution is -2.31. The van der Waals surface area contributed by atoms with E-state index in [9.17, 15) is 5.11 Å². The topological polar surface area (TPSA) is 78.6 Å². The molecule has 0 unspecified atom stereocenters. The molecule has 1 aliphatic rings. The molecule has 1 fully saturated rings. The second-order valence-corrected chi connectivity index (χ2v) is 5.62. The molecule has 0 spiro atoms. The first-order valence-corrected chi connectivity index (χ1v) is 7.63. The molecule has 0 aliphatic carbocycles. The minimum absolute atomic E-state index is 0.0953. The highest BCUT2D eigenvalue weighted by Gasteiger charge is 2.32. The van der Waals surface area contributed by atoms with Gasteiger partial charge in [-0.25, -0.2) is 9.67 Å². The third kappa shape index (κ3) is 2.47. The number of pyridine rings is 1. The highest BCUT2D eigenvalue weighted by molar-refractivity contribution is 5.82. The zero-order valence-corrected chi connectivity index (χ0v) is 13.3. The van der Waals surface area contributed by atoms with E-state index in [0.717, 1.165) is 11.3 Å². The number of ether oxygens (including phenoxy) is 3. The number of methoxy groups -OCH3 is 1. The number of nitrogens with zero attached hydrogens (tertiary/aromatic N) is 3. The third-order valence-electron chi connectivity index (χ3n) is 4.04. The van der Waals surface area contributed by atoms with Crippen molar-refractivity contribution in [2.45, 2.75) is 26.0 Å². The van der Waals surface area contributed by atoms with Gasteiger partial charge in [-0.2, -0.15) is 5.10 Å². The Labute approximate surface area is 138 Å². The van der Waals surface area contributed by atoms with E-state index in [-0.39, 0.29) is 12.0 Å². The van der Waals surface area contributed by atoms with Crippen LogP contribution in [0, 0.1) is 0 Å². The Bertz CT molecular complexity index is 869. The van der Waals surface area contributed by atoms with E-state index in [2.05, 4.69) is 10.1 Å². The van der Waals surface area contributed by atoms with Crippen LogP contribution in [0.2, 0.25) is 0 Å². The Morgan fingerprint density at radius 2 is 1.96 bits per heavy atom. The van der Waals surface area contributed by atoms with Gasteiger partial charge in [-0.3, -0.25) is 0 Å². The van der Waals surface area contributed by atoms with Crippen LogP contribution in [0.25, 0.3) is 11.0 Å². The van der Waals surface area contributed by atoms with E-state index in [1.807, 2.05) is 24.3 Å². The van der Waals surface area contributed by atoms with E-state index in [4.69, 9.17) is 14.2 Å². The molecular formula is C17H17N3O4. The van der Waals surface area contributed by atoms with Gasteiger partial charge in [0.05, 0.1) is 30.8 Å². The zero-order valence-electron chi connectivity index (χ0n) is 13.3.